The van der Waals surface area contributed by atoms with E-state index in [0.717, 1.165) is 48.7 Å². The second-order valence-electron chi connectivity index (χ2n) is 6.15. The highest BCUT2D eigenvalue weighted by Gasteiger charge is 2.33. The van der Waals surface area contributed by atoms with Gasteiger partial charge >= 0.3 is 0 Å². The normalized spacial score (nSPS) is 17.3. The molecule has 0 bridgehead atoms. The Balaban J connectivity index is 1.65. The van der Waals surface area contributed by atoms with Crippen molar-refractivity contribution in [2.75, 3.05) is 13.1 Å². The molecule has 0 aliphatic carbocycles. The van der Waals surface area contributed by atoms with E-state index in [9.17, 15) is 0 Å². The van der Waals surface area contributed by atoms with Crippen molar-refractivity contribution in [3.8, 4) is 22.8 Å². The summed E-state index contributed by atoms with van der Waals surface area (Å²) in [4.78, 5) is 8.82. The minimum Gasteiger partial charge on any atom is -0.334 e. The predicted molar refractivity (Wildman–Crippen MR) is 84.6 cm³/mol. The third-order valence-electron chi connectivity index (χ3n) is 4.47. The predicted octanol–water partition coefficient (Wildman–Crippen LogP) is 2.16. The van der Waals surface area contributed by atoms with Gasteiger partial charge in [-0.1, -0.05) is 24.2 Å². The summed E-state index contributed by atoms with van der Waals surface area (Å²) in [5.41, 5.74) is 1.80. The fourth-order valence-corrected chi connectivity index (χ4v) is 2.93. The Labute approximate surface area is 133 Å². The summed E-state index contributed by atoms with van der Waals surface area (Å²) < 4.78 is 5.51. The SMILES string of the molecule is CC1(c2noc(-c3cccc(-c4ncn[nH]4)c3)n2)CCNCC1. The molecule has 1 aliphatic rings. The Bertz CT molecular complexity index is 789. The second kappa shape index (κ2) is 5.58. The van der Waals surface area contributed by atoms with Crippen LogP contribution >= 0.6 is 0 Å². The van der Waals surface area contributed by atoms with Gasteiger partial charge in [-0.3, -0.25) is 5.10 Å². The van der Waals surface area contributed by atoms with Crippen LogP contribution in [0.3, 0.4) is 0 Å². The first-order valence-corrected chi connectivity index (χ1v) is 7.76. The molecule has 0 radical (unpaired) electrons. The monoisotopic (exact) mass is 310 g/mol. The highest BCUT2D eigenvalue weighted by molar-refractivity contribution is 5.64. The minimum atomic E-state index is -0.0183. The zero-order chi connectivity index (χ0) is 15.7. The van der Waals surface area contributed by atoms with E-state index in [4.69, 9.17) is 4.52 Å². The van der Waals surface area contributed by atoms with Crippen LogP contribution < -0.4 is 5.32 Å². The Morgan fingerprint density at radius 3 is 2.78 bits per heavy atom. The van der Waals surface area contributed by atoms with E-state index < -0.39 is 0 Å². The van der Waals surface area contributed by atoms with Crippen molar-refractivity contribution >= 4 is 0 Å². The van der Waals surface area contributed by atoms with E-state index in [-0.39, 0.29) is 5.41 Å². The van der Waals surface area contributed by atoms with E-state index >= 15 is 0 Å². The van der Waals surface area contributed by atoms with Crippen LogP contribution in [0.4, 0.5) is 0 Å². The molecule has 0 unspecified atom stereocenters. The third-order valence-corrected chi connectivity index (χ3v) is 4.47. The van der Waals surface area contributed by atoms with Crippen LogP contribution in [0, 0.1) is 0 Å². The van der Waals surface area contributed by atoms with Gasteiger partial charge in [0.1, 0.15) is 6.33 Å². The molecule has 118 valence electrons. The fraction of sp³-hybridized carbons (Fsp3) is 0.375. The number of hydrogen-bond acceptors (Lipinski definition) is 6. The van der Waals surface area contributed by atoms with E-state index in [1.54, 1.807) is 0 Å². The number of piperidine rings is 1. The van der Waals surface area contributed by atoms with Crippen LogP contribution in [0.15, 0.2) is 35.1 Å². The molecule has 3 aromatic rings. The topological polar surface area (TPSA) is 92.5 Å². The molecule has 3 heterocycles. The molecule has 1 fully saturated rings. The smallest absolute Gasteiger partial charge is 0.257 e. The first kappa shape index (κ1) is 14.1. The maximum atomic E-state index is 5.51. The summed E-state index contributed by atoms with van der Waals surface area (Å²) in [5.74, 6) is 2.05. The number of benzene rings is 1. The van der Waals surface area contributed by atoms with Gasteiger partial charge in [0.15, 0.2) is 11.6 Å². The average molecular weight is 310 g/mol. The van der Waals surface area contributed by atoms with Crippen LogP contribution in [0.5, 0.6) is 0 Å². The van der Waals surface area contributed by atoms with E-state index in [0.29, 0.717) is 5.89 Å². The number of hydrogen-bond donors (Lipinski definition) is 2. The molecule has 0 spiro atoms. The van der Waals surface area contributed by atoms with Crippen molar-refractivity contribution in [1.29, 1.82) is 0 Å². The molecular formula is C16H18N6O. The summed E-state index contributed by atoms with van der Waals surface area (Å²) in [6.45, 7) is 4.18. The van der Waals surface area contributed by atoms with Crippen molar-refractivity contribution in [1.82, 2.24) is 30.6 Å². The van der Waals surface area contributed by atoms with E-state index in [2.05, 4.69) is 37.6 Å². The minimum absolute atomic E-state index is 0.0183. The molecule has 0 amide bonds. The number of rotatable bonds is 3. The van der Waals surface area contributed by atoms with Gasteiger partial charge in [0, 0.05) is 16.5 Å². The molecule has 4 rings (SSSR count). The first-order valence-electron chi connectivity index (χ1n) is 7.76. The number of aromatic amines is 1. The number of nitrogens with zero attached hydrogens (tertiary/aromatic N) is 4. The molecule has 0 saturated carbocycles. The van der Waals surface area contributed by atoms with Gasteiger partial charge in [-0.25, -0.2) is 4.98 Å². The Kier molecular flexibility index (Phi) is 3.42. The highest BCUT2D eigenvalue weighted by Crippen LogP contribution is 2.32. The van der Waals surface area contributed by atoms with E-state index in [1.807, 2.05) is 24.3 Å². The lowest BCUT2D eigenvalue weighted by Crippen LogP contribution is -2.38. The van der Waals surface area contributed by atoms with Crippen LogP contribution in [-0.4, -0.2) is 38.4 Å². The number of nitrogens with one attached hydrogen (secondary N) is 2. The molecule has 7 heteroatoms. The van der Waals surface area contributed by atoms with Gasteiger partial charge in [0.25, 0.3) is 5.89 Å². The molecule has 1 aliphatic heterocycles. The molecule has 23 heavy (non-hydrogen) atoms. The molecular weight excluding hydrogens is 292 g/mol. The zero-order valence-corrected chi connectivity index (χ0v) is 12.9. The second-order valence-corrected chi connectivity index (χ2v) is 6.15. The van der Waals surface area contributed by atoms with Gasteiger partial charge in [-0.05, 0) is 38.1 Å². The van der Waals surface area contributed by atoms with Crippen molar-refractivity contribution in [3.63, 3.8) is 0 Å². The lowest BCUT2D eigenvalue weighted by atomic mass is 9.80. The largest absolute Gasteiger partial charge is 0.334 e. The summed E-state index contributed by atoms with van der Waals surface area (Å²) in [6, 6.07) is 7.85. The Morgan fingerprint density at radius 2 is 2.00 bits per heavy atom. The number of H-pyrrole nitrogens is 1. The lowest BCUT2D eigenvalue weighted by Gasteiger charge is -2.30. The van der Waals surface area contributed by atoms with Crippen molar-refractivity contribution in [2.24, 2.45) is 0 Å². The highest BCUT2D eigenvalue weighted by atomic mass is 16.5. The molecule has 0 atom stereocenters. The molecule has 2 aromatic heterocycles. The maximum Gasteiger partial charge on any atom is 0.257 e. The standard InChI is InChI=1S/C16H18N6O/c1-16(5-7-17-8-6-16)15-20-14(23-22-15)12-4-2-3-11(9-12)13-18-10-19-21-13/h2-4,9-10,17H,5-8H2,1H3,(H,18,19,21). The summed E-state index contributed by atoms with van der Waals surface area (Å²) in [5, 5.41) is 14.3. The first-order chi connectivity index (χ1) is 11.2. The Morgan fingerprint density at radius 1 is 1.17 bits per heavy atom. The fourth-order valence-electron chi connectivity index (χ4n) is 2.93. The van der Waals surface area contributed by atoms with Crippen LogP contribution in [0.25, 0.3) is 22.8 Å². The zero-order valence-electron chi connectivity index (χ0n) is 12.9. The van der Waals surface area contributed by atoms with Crippen molar-refractivity contribution < 1.29 is 4.52 Å². The number of aromatic nitrogens is 5. The lowest BCUT2D eigenvalue weighted by molar-refractivity contribution is 0.303. The maximum absolute atomic E-state index is 5.51. The molecule has 1 aromatic carbocycles. The van der Waals surface area contributed by atoms with Gasteiger partial charge < -0.3 is 9.84 Å². The van der Waals surface area contributed by atoms with E-state index in [1.165, 1.54) is 6.33 Å². The van der Waals surface area contributed by atoms with Crippen molar-refractivity contribution in [2.45, 2.75) is 25.2 Å². The summed E-state index contributed by atoms with van der Waals surface area (Å²) in [6.07, 6.45) is 3.53. The summed E-state index contributed by atoms with van der Waals surface area (Å²) >= 11 is 0. The van der Waals surface area contributed by atoms with Gasteiger partial charge in [0.05, 0.1) is 0 Å². The summed E-state index contributed by atoms with van der Waals surface area (Å²) in [7, 11) is 0. The Hall–Kier alpha value is -2.54. The van der Waals surface area contributed by atoms with Crippen LogP contribution in [-0.2, 0) is 5.41 Å². The quantitative estimate of drug-likeness (QED) is 0.770. The van der Waals surface area contributed by atoms with Crippen LogP contribution in [0.1, 0.15) is 25.6 Å². The average Bonchev–Trinajstić information content (AvgIpc) is 3.28. The molecule has 7 nitrogen and oxygen atoms in total. The van der Waals surface area contributed by atoms with Gasteiger partial charge in [-0.2, -0.15) is 10.1 Å². The molecule has 2 N–H and O–H groups in total. The van der Waals surface area contributed by atoms with Gasteiger partial charge in [-0.15, -0.1) is 0 Å². The van der Waals surface area contributed by atoms with Gasteiger partial charge in [0.2, 0.25) is 0 Å². The van der Waals surface area contributed by atoms with Crippen molar-refractivity contribution in [3.05, 3.63) is 36.4 Å². The molecule has 1 saturated heterocycles. The third kappa shape index (κ3) is 2.63. The van der Waals surface area contributed by atoms with Crippen LogP contribution in [0.2, 0.25) is 0 Å².